The molecule has 102 valence electrons. The number of methoxy groups -OCH3 is 1. The van der Waals surface area contributed by atoms with Gasteiger partial charge in [-0.15, -0.1) is 5.10 Å². The number of rotatable bonds is 8. The molecule has 0 spiro atoms. The van der Waals surface area contributed by atoms with Gasteiger partial charge >= 0.3 is 0 Å². The van der Waals surface area contributed by atoms with Gasteiger partial charge in [0, 0.05) is 13.7 Å². The maximum Gasteiger partial charge on any atom is 0.295 e. The minimum atomic E-state index is -0.0430. The highest BCUT2D eigenvalue weighted by atomic mass is 32.2. The lowest BCUT2D eigenvalue weighted by Crippen LogP contribution is -2.28. The van der Waals surface area contributed by atoms with E-state index >= 15 is 0 Å². The largest absolute Gasteiger partial charge is 0.466 e. The van der Waals surface area contributed by atoms with Crippen LogP contribution in [0.2, 0.25) is 0 Å². The zero-order valence-electron chi connectivity index (χ0n) is 10.6. The smallest absolute Gasteiger partial charge is 0.295 e. The average molecular weight is 291 g/mol. The molecule has 0 unspecified atom stereocenters. The highest BCUT2D eigenvalue weighted by Crippen LogP contribution is 2.27. The van der Waals surface area contributed by atoms with E-state index in [0.717, 1.165) is 4.34 Å². The van der Waals surface area contributed by atoms with Crippen LogP contribution in [0.5, 0.6) is 5.19 Å². The van der Waals surface area contributed by atoms with Crippen molar-refractivity contribution in [1.82, 2.24) is 15.5 Å². The number of carbonyl (C=O) groups excluding carboxylic acids is 1. The van der Waals surface area contributed by atoms with Crippen molar-refractivity contribution in [2.24, 2.45) is 0 Å². The Morgan fingerprint density at radius 3 is 2.94 bits per heavy atom. The van der Waals surface area contributed by atoms with E-state index in [1.807, 2.05) is 13.8 Å². The van der Waals surface area contributed by atoms with Crippen molar-refractivity contribution in [1.29, 1.82) is 0 Å². The van der Waals surface area contributed by atoms with Crippen molar-refractivity contribution in [2.45, 2.75) is 24.3 Å². The molecule has 1 aromatic heterocycles. The number of ether oxygens (including phenoxy) is 2. The summed E-state index contributed by atoms with van der Waals surface area (Å²) in [5.74, 6) is 0.276. The van der Waals surface area contributed by atoms with Crippen molar-refractivity contribution in [2.75, 3.05) is 26.0 Å². The molecule has 1 heterocycles. The summed E-state index contributed by atoms with van der Waals surface area (Å²) in [6.45, 7) is 4.89. The first-order chi connectivity index (χ1) is 8.61. The molecule has 1 rings (SSSR count). The van der Waals surface area contributed by atoms with E-state index in [4.69, 9.17) is 9.47 Å². The van der Waals surface area contributed by atoms with Gasteiger partial charge in [-0.25, -0.2) is 0 Å². The van der Waals surface area contributed by atoms with E-state index in [9.17, 15) is 4.79 Å². The highest BCUT2D eigenvalue weighted by Gasteiger charge is 2.09. The third-order valence-corrected chi connectivity index (χ3v) is 3.63. The number of thioether (sulfide) groups is 1. The Morgan fingerprint density at radius 1 is 1.50 bits per heavy atom. The molecule has 0 saturated carbocycles. The van der Waals surface area contributed by atoms with Gasteiger partial charge in [-0.1, -0.05) is 16.9 Å². The first-order valence-electron chi connectivity index (χ1n) is 5.50. The highest BCUT2D eigenvalue weighted by molar-refractivity contribution is 8.01. The number of amides is 1. The lowest BCUT2D eigenvalue weighted by Gasteiger charge is -2.03. The van der Waals surface area contributed by atoms with Gasteiger partial charge in [0.25, 0.3) is 5.19 Å². The van der Waals surface area contributed by atoms with Crippen LogP contribution >= 0.6 is 23.1 Å². The van der Waals surface area contributed by atoms with E-state index < -0.39 is 0 Å². The summed E-state index contributed by atoms with van der Waals surface area (Å²) in [7, 11) is 1.60. The molecule has 1 N–H and O–H groups in total. The lowest BCUT2D eigenvalue weighted by molar-refractivity contribution is -0.118. The third kappa shape index (κ3) is 6.18. The predicted octanol–water partition coefficient (Wildman–Crippen LogP) is 1.18. The molecule has 0 aliphatic carbocycles. The Hall–Kier alpha value is -0.860. The van der Waals surface area contributed by atoms with Crippen LogP contribution in [0.3, 0.4) is 0 Å². The van der Waals surface area contributed by atoms with E-state index in [-0.39, 0.29) is 12.0 Å². The molecule has 0 aliphatic rings. The number of carbonyl (C=O) groups is 1. The summed E-state index contributed by atoms with van der Waals surface area (Å²) in [4.78, 5) is 11.4. The summed E-state index contributed by atoms with van der Waals surface area (Å²) in [6, 6.07) is 0. The molecule has 1 aromatic rings. The molecule has 0 bridgehead atoms. The van der Waals surface area contributed by atoms with E-state index in [2.05, 4.69) is 15.5 Å². The summed E-state index contributed by atoms with van der Waals surface area (Å²) in [6.07, 6.45) is 0.0770. The van der Waals surface area contributed by atoms with Crippen LogP contribution in [0.15, 0.2) is 4.34 Å². The average Bonchev–Trinajstić information content (AvgIpc) is 2.73. The molecule has 1 amide bonds. The first-order valence-corrected chi connectivity index (χ1v) is 7.30. The molecule has 0 fully saturated rings. The Bertz CT molecular complexity index is 371. The molecular weight excluding hydrogens is 274 g/mol. The van der Waals surface area contributed by atoms with Crippen LogP contribution in [-0.4, -0.2) is 48.2 Å². The Morgan fingerprint density at radius 2 is 2.28 bits per heavy atom. The number of hydrogen-bond acceptors (Lipinski definition) is 7. The van der Waals surface area contributed by atoms with Gasteiger partial charge in [0.05, 0.1) is 18.5 Å². The predicted molar refractivity (Wildman–Crippen MR) is 71.3 cm³/mol. The maximum atomic E-state index is 11.4. The fraction of sp³-hybridized carbons (Fsp3) is 0.700. The van der Waals surface area contributed by atoms with Gasteiger partial charge in [-0.05, 0) is 25.2 Å². The fourth-order valence-electron chi connectivity index (χ4n) is 0.976. The third-order valence-electron chi connectivity index (χ3n) is 1.68. The summed E-state index contributed by atoms with van der Waals surface area (Å²) in [5.41, 5.74) is 0. The molecular formula is C10H17N3O3S2. The van der Waals surface area contributed by atoms with Crippen molar-refractivity contribution >= 4 is 29.0 Å². The van der Waals surface area contributed by atoms with Gasteiger partial charge in [-0.3, -0.25) is 4.79 Å². The molecule has 0 aliphatic heterocycles. The van der Waals surface area contributed by atoms with Gasteiger partial charge in [0.15, 0.2) is 4.34 Å². The first kappa shape index (κ1) is 15.2. The second-order valence-electron chi connectivity index (χ2n) is 3.63. The van der Waals surface area contributed by atoms with Crippen LogP contribution < -0.4 is 10.1 Å². The molecule has 18 heavy (non-hydrogen) atoms. The van der Waals surface area contributed by atoms with Gasteiger partial charge in [0.2, 0.25) is 5.91 Å². The van der Waals surface area contributed by atoms with Gasteiger partial charge in [-0.2, -0.15) is 0 Å². The Kier molecular flexibility index (Phi) is 6.99. The summed E-state index contributed by atoms with van der Waals surface area (Å²) < 4.78 is 11.0. The fourth-order valence-corrected chi connectivity index (χ4v) is 2.61. The van der Waals surface area contributed by atoms with Crippen LogP contribution in [0.25, 0.3) is 0 Å². The van der Waals surface area contributed by atoms with E-state index in [0.29, 0.717) is 24.1 Å². The zero-order valence-corrected chi connectivity index (χ0v) is 12.3. The molecule has 6 nitrogen and oxygen atoms in total. The van der Waals surface area contributed by atoms with Crippen molar-refractivity contribution in [3.8, 4) is 5.19 Å². The van der Waals surface area contributed by atoms with Crippen molar-refractivity contribution < 1.29 is 14.3 Å². The molecule has 8 heteroatoms. The quantitative estimate of drug-likeness (QED) is 0.573. The SMILES string of the molecule is COCCNC(=O)CSc1nnc(OC(C)C)s1. The topological polar surface area (TPSA) is 73.3 Å². The van der Waals surface area contributed by atoms with Crippen LogP contribution in [0.4, 0.5) is 0 Å². The Labute approximate surface area is 114 Å². The number of nitrogens with one attached hydrogen (secondary N) is 1. The zero-order chi connectivity index (χ0) is 13.4. The monoisotopic (exact) mass is 291 g/mol. The lowest BCUT2D eigenvalue weighted by atomic mass is 10.5. The summed E-state index contributed by atoms with van der Waals surface area (Å²) in [5, 5.41) is 11.1. The maximum absolute atomic E-state index is 11.4. The number of hydrogen-bond donors (Lipinski definition) is 1. The van der Waals surface area contributed by atoms with Crippen molar-refractivity contribution in [3.05, 3.63) is 0 Å². The van der Waals surface area contributed by atoms with E-state index in [1.54, 1.807) is 7.11 Å². The van der Waals surface area contributed by atoms with E-state index in [1.165, 1.54) is 23.1 Å². The molecule has 0 aromatic carbocycles. The minimum Gasteiger partial charge on any atom is -0.466 e. The number of aromatic nitrogens is 2. The van der Waals surface area contributed by atoms with Gasteiger partial charge in [0.1, 0.15) is 0 Å². The minimum absolute atomic E-state index is 0.0430. The van der Waals surface area contributed by atoms with Crippen LogP contribution in [0, 0.1) is 0 Å². The van der Waals surface area contributed by atoms with Gasteiger partial charge < -0.3 is 14.8 Å². The summed E-state index contributed by atoms with van der Waals surface area (Å²) >= 11 is 2.69. The second-order valence-corrected chi connectivity index (χ2v) is 5.79. The van der Waals surface area contributed by atoms with Crippen LogP contribution in [-0.2, 0) is 9.53 Å². The number of nitrogens with zero attached hydrogens (tertiary/aromatic N) is 2. The molecule has 0 saturated heterocycles. The van der Waals surface area contributed by atoms with Crippen LogP contribution in [0.1, 0.15) is 13.8 Å². The normalized spacial score (nSPS) is 10.7. The molecule has 0 radical (unpaired) electrons. The molecule has 0 atom stereocenters. The van der Waals surface area contributed by atoms with Crippen molar-refractivity contribution in [3.63, 3.8) is 0 Å². The standard InChI is InChI=1S/C10H17N3O3S2/c1-7(2)16-9-12-13-10(18-9)17-6-8(14)11-4-5-15-3/h7H,4-6H2,1-3H3,(H,11,14). The Balaban J connectivity index is 2.26. The second kappa shape index (κ2) is 8.28.